The van der Waals surface area contributed by atoms with Crippen LogP contribution in [0, 0.1) is 12.8 Å². The van der Waals surface area contributed by atoms with Crippen LogP contribution < -0.4 is 10.6 Å². The SMILES string of the molecule is CCc1c(C)ncnc1NCCNC(=O)/C=C/C(C)C. The molecule has 0 fully saturated rings. The molecule has 1 aromatic heterocycles. The zero-order chi connectivity index (χ0) is 15.0. The lowest BCUT2D eigenvalue weighted by Gasteiger charge is -2.11. The van der Waals surface area contributed by atoms with Crippen molar-refractivity contribution in [3.05, 3.63) is 29.7 Å². The summed E-state index contributed by atoms with van der Waals surface area (Å²) in [4.78, 5) is 19.9. The number of aryl methyl sites for hydroxylation is 1. The average Bonchev–Trinajstić information content (AvgIpc) is 2.41. The van der Waals surface area contributed by atoms with Crippen molar-refractivity contribution in [3.63, 3.8) is 0 Å². The first-order valence-electron chi connectivity index (χ1n) is 7.05. The van der Waals surface area contributed by atoms with Crippen molar-refractivity contribution in [2.75, 3.05) is 18.4 Å². The van der Waals surface area contributed by atoms with Crippen molar-refractivity contribution in [1.82, 2.24) is 15.3 Å². The number of aromatic nitrogens is 2. The zero-order valence-electron chi connectivity index (χ0n) is 12.7. The molecule has 20 heavy (non-hydrogen) atoms. The molecule has 0 saturated carbocycles. The predicted molar refractivity (Wildman–Crippen MR) is 81.6 cm³/mol. The number of hydrogen-bond donors (Lipinski definition) is 2. The van der Waals surface area contributed by atoms with Gasteiger partial charge in [-0.3, -0.25) is 4.79 Å². The van der Waals surface area contributed by atoms with E-state index in [1.54, 1.807) is 12.4 Å². The van der Waals surface area contributed by atoms with Crippen molar-refractivity contribution in [3.8, 4) is 0 Å². The van der Waals surface area contributed by atoms with Crippen LogP contribution in [0.1, 0.15) is 32.0 Å². The van der Waals surface area contributed by atoms with E-state index in [9.17, 15) is 4.79 Å². The van der Waals surface area contributed by atoms with Gasteiger partial charge in [-0.05, 0) is 25.3 Å². The number of allylic oxidation sites excluding steroid dienone is 1. The lowest BCUT2D eigenvalue weighted by atomic mass is 10.2. The molecule has 0 aliphatic carbocycles. The fourth-order valence-electron chi connectivity index (χ4n) is 1.78. The molecule has 0 unspecified atom stereocenters. The van der Waals surface area contributed by atoms with Crippen LogP contribution in [0.2, 0.25) is 0 Å². The molecule has 5 heteroatoms. The van der Waals surface area contributed by atoms with Crippen molar-refractivity contribution in [2.24, 2.45) is 5.92 Å². The minimum atomic E-state index is -0.0601. The predicted octanol–water partition coefficient (Wildman–Crippen LogP) is 2.09. The van der Waals surface area contributed by atoms with Gasteiger partial charge in [-0.25, -0.2) is 9.97 Å². The summed E-state index contributed by atoms with van der Waals surface area (Å²) >= 11 is 0. The normalized spacial score (nSPS) is 11.1. The quantitative estimate of drug-likeness (QED) is 0.591. The molecular weight excluding hydrogens is 252 g/mol. The van der Waals surface area contributed by atoms with Crippen molar-refractivity contribution in [1.29, 1.82) is 0 Å². The summed E-state index contributed by atoms with van der Waals surface area (Å²) in [5, 5.41) is 6.06. The van der Waals surface area contributed by atoms with Crippen LogP contribution in [0.25, 0.3) is 0 Å². The second-order valence-electron chi connectivity index (χ2n) is 4.96. The lowest BCUT2D eigenvalue weighted by molar-refractivity contribution is -0.116. The topological polar surface area (TPSA) is 66.9 Å². The fourth-order valence-corrected chi connectivity index (χ4v) is 1.78. The number of amides is 1. The van der Waals surface area contributed by atoms with E-state index in [1.165, 1.54) is 0 Å². The molecule has 0 bridgehead atoms. The van der Waals surface area contributed by atoms with Crippen LogP contribution in [-0.2, 0) is 11.2 Å². The lowest BCUT2D eigenvalue weighted by Crippen LogP contribution is -2.27. The average molecular weight is 276 g/mol. The second-order valence-corrected chi connectivity index (χ2v) is 4.96. The van der Waals surface area contributed by atoms with Gasteiger partial charge in [0.05, 0.1) is 0 Å². The van der Waals surface area contributed by atoms with Gasteiger partial charge in [-0.2, -0.15) is 0 Å². The molecule has 1 aromatic rings. The Morgan fingerprint density at radius 1 is 1.35 bits per heavy atom. The zero-order valence-corrected chi connectivity index (χ0v) is 12.7. The monoisotopic (exact) mass is 276 g/mol. The van der Waals surface area contributed by atoms with E-state index in [0.717, 1.165) is 23.5 Å². The Labute approximate surface area is 120 Å². The first-order chi connectivity index (χ1) is 9.54. The molecule has 1 heterocycles. The molecule has 1 rings (SSSR count). The second kappa shape index (κ2) is 8.30. The van der Waals surface area contributed by atoms with E-state index < -0.39 is 0 Å². The molecular formula is C15H24N4O. The highest BCUT2D eigenvalue weighted by Crippen LogP contribution is 2.14. The van der Waals surface area contributed by atoms with E-state index in [1.807, 2.05) is 26.8 Å². The summed E-state index contributed by atoms with van der Waals surface area (Å²) < 4.78 is 0. The van der Waals surface area contributed by atoms with Crippen LogP contribution in [0.5, 0.6) is 0 Å². The first-order valence-corrected chi connectivity index (χ1v) is 7.05. The van der Waals surface area contributed by atoms with Crippen molar-refractivity contribution in [2.45, 2.75) is 34.1 Å². The highest BCUT2D eigenvalue weighted by molar-refractivity contribution is 5.87. The summed E-state index contributed by atoms with van der Waals surface area (Å²) in [7, 11) is 0. The van der Waals surface area contributed by atoms with E-state index in [-0.39, 0.29) is 5.91 Å². The van der Waals surface area contributed by atoms with Crippen LogP contribution in [0.4, 0.5) is 5.82 Å². The number of carbonyl (C=O) groups excluding carboxylic acids is 1. The number of nitrogens with one attached hydrogen (secondary N) is 2. The van der Waals surface area contributed by atoms with Gasteiger partial charge in [0, 0.05) is 24.3 Å². The molecule has 110 valence electrons. The van der Waals surface area contributed by atoms with E-state index in [4.69, 9.17) is 0 Å². The summed E-state index contributed by atoms with van der Waals surface area (Å²) in [5.41, 5.74) is 2.12. The minimum Gasteiger partial charge on any atom is -0.368 e. The number of hydrogen-bond acceptors (Lipinski definition) is 4. The first kappa shape index (κ1) is 16.1. The minimum absolute atomic E-state index is 0.0601. The summed E-state index contributed by atoms with van der Waals surface area (Å²) in [6.07, 6.45) is 5.90. The molecule has 0 atom stereocenters. The number of carbonyl (C=O) groups is 1. The Hall–Kier alpha value is -1.91. The van der Waals surface area contributed by atoms with Gasteiger partial charge < -0.3 is 10.6 Å². The van der Waals surface area contributed by atoms with E-state index in [0.29, 0.717) is 19.0 Å². The molecule has 1 amide bonds. The van der Waals surface area contributed by atoms with Gasteiger partial charge in [0.15, 0.2) is 0 Å². The summed E-state index contributed by atoms with van der Waals surface area (Å²) in [6.45, 7) is 9.34. The van der Waals surface area contributed by atoms with Gasteiger partial charge in [0.2, 0.25) is 5.91 Å². The van der Waals surface area contributed by atoms with Gasteiger partial charge in [-0.15, -0.1) is 0 Å². The summed E-state index contributed by atoms with van der Waals surface area (Å²) in [5.74, 6) is 1.18. The third-order valence-electron chi connectivity index (χ3n) is 2.86. The number of anilines is 1. The van der Waals surface area contributed by atoms with Crippen LogP contribution in [-0.4, -0.2) is 29.0 Å². The van der Waals surface area contributed by atoms with Crippen LogP contribution in [0.3, 0.4) is 0 Å². The maximum Gasteiger partial charge on any atom is 0.243 e. The van der Waals surface area contributed by atoms with Crippen molar-refractivity contribution < 1.29 is 4.79 Å². The molecule has 0 aliphatic rings. The maximum atomic E-state index is 11.5. The number of rotatable bonds is 7. The van der Waals surface area contributed by atoms with E-state index in [2.05, 4.69) is 27.5 Å². The molecule has 0 aliphatic heterocycles. The Bertz CT molecular complexity index is 469. The molecule has 2 N–H and O–H groups in total. The van der Waals surface area contributed by atoms with E-state index >= 15 is 0 Å². The maximum absolute atomic E-state index is 11.5. The Kier molecular flexibility index (Phi) is 6.70. The Balaban J connectivity index is 2.38. The molecule has 0 aromatic carbocycles. The Morgan fingerprint density at radius 2 is 2.10 bits per heavy atom. The standard InChI is InChI=1S/C15H24N4O/c1-5-13-12(4)18-10-19-15(13)17-9-8-16-14(20)7-6-11(2)3/h6-7,10-11H,5,8-9H2,1-4H3,(H,16,20)(H,17,18,19)/b7-6+. The van der Waals surface area contributed by atoms with Gasteiger partial charge in [-0.1, -0.05) is 26.8 Å². The molecule has 0 radical (unpaired) electrons. The smallest absolute Gasteiger partial charge is 0.243 e. The highest BCUT2D eigenvalue weighted by Gasteiger charge is 2.05. The Morgan fingerprint density at radius 3 is 2.75 bits per heavy atom. The molecule has 5 nitrogen and oxygen atoms in total. The van der Waals surface area contributed by atoms with Crippen LogP contribution in [0.15, 0.2) is 18.5 Å². The number of nitrogens with zero attached hydrogens (tertiary/aromatic N) is 2. The van der Waals surface area contributed by atoms with Gasteiger partial charge in [0.1, 0.15) is 12.1 Å². The van der Waals surface area contributed by atoms with Crippen LogP contribution >= 0.6 is 0 Å². The third kappa shape index (κ3) is 5.38. The molecule has 0 spiro atoms. The van der Waals surface area contributed by atoms with Crippen molar-refractivity contribution >= 4 is 11.7 Å². The third-order valence-corrected chi connectivity index (χ3v) is 2.86. The fraction of sp³-hybridized carbons (Fsp3) is 0.533. The highest BCUT2D eigenvalue weighted by atomic mass is 16.1. The molecule has 0 saturated heterocycles. The van der Waals surface area contributed by atoms with Gasteiger partial charge in [0.25, 0.3) is 0 Å². The summed E-state index contributed by atoms with van der Waals surface area (Å²) in [6, 6.07) is 0. The van der Waals surface area contributed by atoms with Gasteiger partial charge >= 0.3 is 0 Å². The largest absolute Gasteiger partial charge is 0.368 e.